The summed E-state index contributed by atoms with van der Waals surface area (Å²) in [5, 5.41) is 2.97. The zero-order valence-corrected chi connectivity index (χ0v) is 21.4. The normalized spacial score (nSPS) is 21.6. The van der Waals surface area contributed by atoms with Crippen molar-refractivity contribution in [3.63, 3.8) is 0 Å². The van der Waals surface area contributed by atoms with Crippen LogP contribution in [0.15, 0.2) is 60.7 Å². The van der Waals surface area contributed by atoms with Crippen molar-refractivity contribution < 1.29 is 14.4 Å². The van der Waals surface area contributed by atoms with Gasteiger partial charge in [-0.25, -0.2) is 0 Å². The molecule has 3 amide bonds. The number of hydrogen-bond donors (Lipinski definition) is 1. The van der Waals surface area contributed by atoms with E-state index in [-0.39, 0.29) is 17.7 Å². The molecule has 0 aromatic heterocycles. The second kappa shape index (κ2) is 12.2. The molecule has 192 valence electrons. The number of rotatable bonds is 7. The molecule has 2 aliphatic heterocycles. The highest BCUT2D eigenvalue weighted by atomic mass is 16.2. The van der Waals surface area contributed by atoms with Gasteiger partial charge in [0, 0.05) is 51.3 Å². The van der Waals surface area contributed by atoms with Gasteiger partial charge in [-0.3, -0.25) is 19.3 Å². The highest BCUT2D eigenvalue weighted by molar-refractivity contribution is 5.97. The van der Waals surface area contributed by atoms with Crippen LogP contribution in [-0.2, 0) is 16.0 Å². The van der Waals surface area contributed by atoms with Gasteiger partial charge in [0.05, 0.1) is 6.54 Å². The van der Waals surface area contributed by atoms with E-state index in [0.717, 1.165) is 18.7 Å². The zero-order chi connectivity index (χ0) is 25.5. The lowest BCUT2D eigenvalue weighted by atomic mass is 9.92. The van der Waals surface area contributed by atoms with Gasteiger partial charge in [-0.2, -0.15) is 0 Å². The quantitative estimate of drug-likeness (QED) is 0.648. The van der Waals surface area contributed by atoms with Crippen LogP contribution in [0, 0.1) is 11.8 Å². The molecule has 0 aliphatic carbocycles. The number of carbonyl (C=O) groups is 3. The second-order valence-electron chi connectivity index (χ2n) is 10.4. The molecule has 7 nitrogen and oxygen atoms in total. The van der Waals surface area contributed by atoms with Gasteiger partial charge in [0.1, 0.15) is 6.04 Å². The minimum absolute atomic E-state index is 0.0761. The van der Waals surface area contributed by atoms with E-state index in [1.165, 1.54) is 6.42 Å². The summed E-state index contributed by atoms with van der Waals surface area (Å²) in [7, 11) is 0. The molecule has 1 N–H and O–H groups in total. The largest absolute Gasteiger partial charge is 0.341 e. The Kier molecular flexibility index (Phi) is 8.75. The first-order valence-electron chi connectivity index (χ1n) is 13.1. The molecule has 4 rings (SSSR count). The number of piperazine rings is 1. The third-order valence-electron chi connectivity index (χ3n) is 7.19. The lowest BCUT2D eigenvalue weighted by molar-refractivity contribution is -0.137. The van der Waals surface area contributed by atoms with E-state index < -0.39 is 6.04 Å². The minimum Gasteiger partial charge on any atom is -0.341 e. The number of hydrogen-bond acceptors (Lipinski definition) is 4. The van der Waals surface area contributed by atoms with E-state index >= 15 is 0 Å². The molecular weight excluding hydrogens is 452 g/mol. The first kappa shape index (κ1) is 25.9. The SMILES string of the molecule is C[C@@H]1C[C@H](C)CN(C(=O)CN2CCN(C(=O)[C@@H](Cc3ccccc3)NC(=O)c3ccccc3)CC2)C1. The van der Waals surface area contributed by atoms with Crippen molar-refractivity contribution in [2.75, 3.05) is 45.8 Å². The summed E-state index contributed by atoms with van der Waals surface area (Å²) in [4.78, 5) is 45.3. The summed E-state index contributed by atoms with van der Waals surface area (Å²) in [6, 6.07) is 18.1. The topological polar surface area (TPSA) is 73.0 Å². The van der Waals surface area contributed by atoms with E-state index in [4.69, 9.17) is 0 Å². The Hall–Kier alpha value is -3.19. The van der Waals surface area contributed by atoms with Crippen molar-refractivity contribution in [2.24, 2.45) is 11.8 Å². The third kappa shape index (κ3) is 6.94. The maximum atomic E-state index is 13.5. The Morgan fingerprint density at radius 1 is 0.833 bits per heavy atom. The summed E-state index contributed by atoms with van der Waals surface area (Å²) in [5.74, 6) is 0.941. The number of likely N-dealkylation sites (tertiary alicyclic amines) is 1. The van der Waals surface area contributed by atoms with E-state index in [2.05, 4.69) is 24.1 Å². The van der Waals surface area contributed by atoms with Crippen molar-refractivity contribution in [3.8, 4) is 0 Å². The molecule has 2 aromatic carbocycles. The molecule has 0 radical (unpaired) electrons. The Morgan fingerprint density at radius 3 is 2.03 bits per heavy atom. The standard InChI is InChI=1S/C29H38N4O3/c1-22-17-23(2)20-33(19-22)27(34)21-31-13-15-32(16-14-31)29(36)26(18-24-9-5-3-6-10-24)30-28(35)25-11-7-4-8-12-25/h3-12,22-23,26H,13-21H2,1-2H3,(H,30,35)/t22-,23+,26-/m1/s1. The van der Waals surface area contributed by atoms with Crippen LogP contribution in [0.1, 0.15) is 36.2 Å². The molecule has 0 bridgehead atoms. The van der Waals surface area contributed by atoms with Gasteiger partial charge in [0.25, 0.3) is 5.91 Å². The van der Waals surface area contributed by atoms with Crippen molar-refractivity contribution in [3.05, 3.63) is 71.8 Å². The molecule has 2 aromatic rings. The number of nitrogens with zero attached hydrogens (tertiary/aromatic N) is 3. The van der Waals surface area contributed by atoms with Crippen molar-refractivity contribution in [2.45, 2.75) is 32.7 Å². The summed E-state index contributed by atoms with van der Waals surface area (Å²) in [6.07, 6.45) is 1.61. The van der Waals surface area contributed by atoms with Crippen LogP contribution in [-0.4, -0.2) is 84.3 Å². The molecule has 0 saturated carbocycles. The first-order valence-corrected chi connectivity index (χ1v) is 13.1. The number of nitrogens with one attached hydrogen (secondary N) is 1. The summed E-state index contributed by atoms with van der Waals surface area (Å²) in [6.45, 7) is 8.90. The Labute approximate surface area is 214 Å². The average molecular weight is 491 g/mol. The van der Waals surface area contributed by atoms with Crippen molar-refractivity contribution >= 4 is 17.7 Å². The second-order valence-corrected chi connectivity index (χ2v) is 10.4. The maximum Gasteiger partial charge on any atom is 0.251 e. The van der Waals surface area contributed by atoms with Gasteiger partial charge >= 0.3 is 0 Å². The number of piperidine rings is 1. The lowest BCUT2D eigenvalue weighted by Gasteiger charge is -2.39. The smallest absolute Gasteiger partial charge is 0.251 e. The maximum absolute atomic E-state index is 13.5. The highest BCUT2D eigenvalue weighted by Gasteiger charge is 2.31. The monoisotopic (exact) mass is 490 g/mol. The Morgan fingerprint density at radius 2 is 1.42 bits per heavy atom. The van der Waals surface area contributed by atoms with Gasteiger partial charge in [-0.1, -0.05) is 62.4 Å². The fourth-order valence-electron chi connectivity index (χ4n) is 5.39. The van der Waals surface area contributed by atoms with Gasteiger partial charge in [-0.15, -0.1) is 0 Å². The molecule has 0 unspecified atom stereocenters. The van der Waals surface area contributed by atoms with E-state index in [1.807, 2.05) is 58.3 Å². The highest BCUT2D eigenvalue weighted by Crippen LogP contribution is 2.21. The molecule has 2 saturated heterocycles. The van der Waals surface area contributed by atoms with Crippen LogP contribution in [0.2, 0.25) is 0 Å². The van der Waals surface area contributed by atoms with E-state index in [9.17, 15) is 14.4 Å². The van der Waals surface area contributed by atoms with E-state index in [1.54, 1.807) is 12.1 Å². The van der Waals surface area contributed by atoms with Crippen LogP contribution >= 0.6 is 0 Å². The molecule has 3 atom stereocenters. The fourth-order valence-corrected chi connectivity index (χ4v) is 5.39. The van der Waals surface area contributed by atoms with Crippen LogP contribution in [0.4, 0.5) is 0 Å². The van der Waals surface area contributed by atoms with Crippen LogP contribution in [0.3, 0.4) is 0 Å². The molecule has 0 spiro atoms. The summed E-state index contributed by atoms with van der Waals surface area (Å²) < 4.78 is 0. The Bertz CT molecular complexity index is 1010. The number of benzene rings is 2. The van der Waals surface area contributed by atoms with Gasteiger partial charge in [0.2, 0.25) is 11.8 Å². The van der Waals surface area contributed by atoms with Gasteiger partial charge in [0.15, 0.2) is 0 Å². The number of carbonyl (C=O) groups excluding carboxylic acids is 3. The number of amides is 3. The van der Waals surface area contributed by atoms with Crippen molar-refractivity contribution in [1.29, 1.82) is 0 Å². The van der Waals surface area contributed by atoms with E-state index in [0.29, 0.717) is 56.5 Å². The molecule has 2 fully saturated rings. The molecule has 7 heteroatoms. The van der Waals surface area contributed by atoms with Gasteiger partial charge in [-0.05, 0) is 36.0 Å². The molecule has 2 heterocycles. The minimum atomic E-state index is -0.649. The molecular formula is C29H38N4O3. The zero-order valence-electron chi connectivity index (χ0n) is 21.4. The van der Waals surface area contributed by atoms with Crippen LogP contribution < -0.4 is 5.32 Å². The predicted octanol–water partition coefficient (Wildman–Crippen LogP) is 2.68. The average Bonchev–Trinajstić information content (AvgIpc) is 2.89. The summed E-state index contributed by atoms with van der Waals surface area (Å²) in [5.41, 5.74) is 1.53. The third-order valence-corrected chi connectivity index (χ3v) is 7.19. The predicted molar refractivity (Wildman–Crippen MR) is 140 cm³/mol. The summed E-state index contributed by atoms with van der Waals surface area (Å²) >= 11 is 0. The lowest BCUT2D eigenvalue weighted by Crippen LogP contribution is -2.57. The van der Waals surface area contributed by atoms with Crippen molar-refractivity contribution in [1.82, 2.24) is 20.0 Å². The molecule has 36 heavy (non-hydrogen) atoms. The van der Waals surface area contributed by atoms with Crippen LogP contribution in [0.5, 0.6) is 0 Å². The first-order chi connectivity index (χ1) is 17.4. The van der Waals surface area contributed by atoms with Gasteiger partial charge < -0.3 is 15.1 Å². The fraction of sp³-hybridized carbons (Fsp3) is 0.483. The molecule has 2 aliphatic rings. The van der Waals surface area contributed by atoms with Crippen LogP contribution in [0.25, 0.3) is 0 Å². The Balaban J connectivity index is 1.35.